The molecule has 0 fully saturated rings. The van der Waals surface area contributed by atoms with Crippen LogP contribution >= 0.6 is 11.8 Å². The average molecular weight is 424 g/mol. The Labute approximate surface area is 180 Å². The molecule has 1 aromatic carbocycles. The normalized spacial score (nSPS) is 12.9. The van der Waals surface area contributed by atoms with Gasteiger partial charge in [-0.1, -0.05) is 30.0 Å². The van der Waals surface area contributed by atoms with Gasteiger partial charge in [-0.15, -0.1) is 10.2 Å². The summed E-state index contributed by atoms with van der Waals surface area (Å²) < 4.78 is 7.56. The molecule has 0 unspecified atom stereocenters. The number of carbonyl (C=O) groups is 1. The van der Waals surface area contributed by atoms with Gasteiger partial charge in [0.1, 0.15) is 0 Å². The van der Waals surface area contributed by atoms with E-state index in [0.717, 1.165) is 48.2 Å². The maximum atomic E-state index is 12.9. The van der Waals surface area contributed by atoms with Gasteiger partial charge in [-0.2, -0.15) is 0 Å². The maximum absolute atomic E-state index is 12.9. The van der Waals surface area contributed by atoms with Gasteiger partial charge in [0.25, 0.3) is 0 Å². The Morgan fingerprint density at radius 3 is 2.83 bits per heavy atom. The molecule has 0 radical (unpaired) electrons. The Balaban J connectivity index is 1.48. The van der Waals surface area contributed by atoms with Crippen LogP contribution in [0.25, 0.3) is 11.4 Å². The van der Waals surface area contributed by atoms with Gasteiger partial charge < -0.3 is 14.2 Å². The van der Waals surface area contributed by atoms with Crippen LogP contribution in [-0.2, 0) is 22.5 Å². The van der Waals surface area contributed by atoms with Crippen LogP contribution in [0.1, 0.15) is 18.9 Å². The molecule has 156 valence electrons. The van der Waals surface area contributed by atoms with E-state index in [2.05, 4.69) is 25.8 Å². The van der Waals surface area contributed by atoms with E-state index in [-0.39, 0.29) is 5.91 Å². The fraction of sp³-hybridized carbons (Fsp3) is 0.364. The molecule has 3 aromatic rings. The maximum Gasteiger partial charge on any atom is 0.237 e. The second-order valence-corrected chi connectivity index (χ2v) is 7.90. The van der Waals surface area contributed by atoms with E-state index >= 15 is 0 Å². The second-order valence-electron chi connectivity index (χ2n) is 6.96. The third-order valence-corrected chi connectivity index (χ3v) is 5.99. The van der Waals surface area contributed by atoms with E-state index in [4.69, 9.17) is 4.74 Å². The molecule has 0 saturated heterocycles. The molecule has 0 aliphatic carbocycles. The number of rotatable bonds is 9. The molecular weight excluding hydrogens is 398 g/mol. The first-order valence-electron chi connectivity index (χ1n) is 10.2. The quantitative estimate of drug-likeness (QED) is 0.388. The minimum Gasteiger partial charge on any atom is -0.382 e. The predicted octanol–water partition coefficient (Wildman–Crippen LogP) is 3.45. The molecule has 1 amide bonds. The third-order valence-electron chi connectivity index (χ3n) is 5.04. The number of benzene rings is 1. The molecule has 8 heteroatoms. The minimum atomic E-state index is 0.0966. The number of hydrogen-bond acceptors (Lipinski definition) is 6. The molecule has 30 heavy (non-hydrogen) atoms. The van der Waals surface area contributed by atoms with Crippen molar-refractivity contribution in [3.05, 3.63) is 54.4 Å². The van der Waals surface area contributed by atoms with Crippen LogP contribution in [0.15, 0.2) is 53.9 Å². The summed E-state index contributed by atoms with van der Waals surface area (Å²) in [4.78, 5) is 18.8. The molecular formula is C22H25N5O2S. The standard InChI is InChI=1S/C22H25N5O2S/c1-2-29-15-5-13-27-21(18-8-11-23-12-9-18)24-25-22(27)30-16-20(28)26-14-10-17-6-3-4-7-19(17)26/h3-4,6-9,11-12H,2,5,10,13-16H2,1H3. The molecule has 0 spiro atoms. The molecule has 0 saturated carbocycles. The summed E-state index contributed by atoms with van der Waals surface area (Å²) in [5.74, 6) is 1.21. The molecule has 7 nitrogen and oxygen atoms in total. The SMILES string of the molecule is CCOCCCn1c(SCC(=O)N2CCc3ccccc32)nnc1-c1ccncc1. The van der Waals surface area contributed by atoms with E-state index in [1.807, 2.05) is 42.2 Å². The van der Waals surface area contributed by atoms with Crippen LogP contribution in [0.3, 0.4) is 0 Å². The predicted molar refractivity (Wildman–Crippen MR) is 118 cm³/mol. The number of para-hydroxylation sites is 1. The first-order chi connectivity index (χ1) is 14.8. The van der Waals surface area contributed by atoms with Crippen molar-refractivity contribution >= 4 is 23.4 Å². The largest absolute Gasteiger partial charge is 0.382 e. The zero-order valence-corrected chi connectivity index (χ0v) is 17.8. The summed E-state index contributed by atoms with van der Waals surface area (Å²) in [7, 11) is 0. The molecule has 0 N–H and O–H groups in total. The van der Waals surface area contributed by atoms with Crippen molar-refractivity contribution in [3.8, 4) is 11.4 Å². The lowest BCUT2D eigenvalue weighted by Crippen LogP contribution is -2.30. The minimum absolute atomic E-state index is 0.0966. The highest BCUT2D eigenvalue weighted by molar-refractivity contribution is 7.99. The van der Waals surface area contributed by atoms with Crippen molar-refractivity contribution < 1.29 is 9.53 Å². The topological polar surface area (TPSA) is 73.1 Å². The number of amides is 1. The van der Waals surface area contributed by atoms with Crippen LogP contribution < -0.4 is 4.90 Å². The first-order valence-corrected chi connectivity index (χ1v) is 11.2. The highest BCUT2D eigenvalue weighted by Gasteiger charge is 2.25. The van der Waals surface area contributed by atoms with Crippen molar-refractivity contribution in [2.45, 2.75) is 31.5 Å². The van der Waals surface area contributed by atoms with Gasteiger partial charge in [0.2, 0.25) is 5.91 Å². The zero-order valence-electron chi connectivity index (χ0n) is 17.0. The number of nitrogens with zero attached hydrogens (tertiary/aromatic N) is 5. The molecule has 3 heterocycles. The van der Waals surface area contributed by atoms with Gasteiger partial charge >= 0.3 is 0 Å². The summed E-state index contributed by atoms with van der Waals surface area (Å²) in [6.07, 6.45) is 5.25. The third kappa shape index (κ3) is 4.55. The van der Waals surface area contributed by atoms with Gasteiger partial charge in [0.15, 0.2) is 11.0 Å². The van der Waals surface area contributed by atoms with Crippen LogP contribution in [0, 0.1) is 0 Å². The fourth-order valence-corrected chi connectivity index (χ4v) is 4.42. The summed E-state index contributed by atoms with van der Waals surface area (Å²) in [6, 6.07) is 11.9. The van der Waals surface area contributed by atoms with Crippen LogP contribution in [0.4, 0.5) is 5.69 Å². The van der Waals surface area contributed by atoms with Crippen molar-refractivity contribution in [3.63, 3.8) is 0 Å². The van der Waals surface area contributed by atoms with Crippen molar-refractivity contribution in [2.75, 3.05) is 30.4 Å². The van der Waals surface area contributed by atoms with Gasteiger partial charge in [-0.05, 0) is 43.5 Å². The summed E-state index contributed by atoms with van der Waals surface area (Å²) in [6.45, 7) is 4.84. The molecule has 4 rings (SSSR count). The average Bonchev–Trinajstić information content (AvgIpc) is 3.40. The number of ether oxygens (including phenoxy) is 1. The highest BCUT2D eigenvalue weighted by Crippen LogP contribution is 2.29. The van der Waals surface area contributed by atoms with E-state index < -0.39 is 0 Å². The number of carbonyl (C=O) groups excluding carboxylic acids is 1. The lowest BCUT2D eigenvalue weighted by molar-refractivity contribution is -0.116. The van der Waals surface area contributed by atoms with E-state index in [1.165, 1.54) is 17.3 Å². The molecule has 1 aliphatic rings. The lowest BCUT2D eigenvalue weighted by atomic mass is 10.2. The summed E-state index contributed by atoms with van der Waals surface area (Å²) in [5, 5.41) is 9.52. The van der Waals surface area contributed by atoms with Gasteiger partial charge in [0, 0.05) is 49.9 Å². The van der Waals surface area contributed by atoms with Gasteiger partial charge in [0.05, 0.1) is 5.75 Å². The van der Waals surface area contributed by atoms with E-state index in [1.54, 1.807) is 12.4 Å². The van der Waals surface area contributed by atoms with Crippen molar-refractivity contribution in [1.82, 2.24) is 19.7 Å². The molecule has 0 bridgehead atoms. The number of anilines is 1. The van der Waals surface area contributed by atoms with Crippen molar-refractivity contribution in [2.24, 2.45) is 0 Å². The lowest BCUT2D eigenvalue weighted by Gasteiger charge is -2.17. The summed E-state index contributed by atoms with van der Waals surface area (Å²) in [5.41, 5.74) is 3.22. The van der Waals surface area contributed by atoms with Crippen LogP contribution in [0.5, 0.6) is 0 Å². The monoisotopic (exact) mass is 423 g/mol. The Hall–Kier alpha value is -2.71. The van der Waals surface area contributed by atoms with Crippen LogP contribution in [-0.4, -0.2) is 51.2 Å². The van der Waals surface area contributed by atoms with E-state index in [0.29, 0.717) is 19.0 Å². The van der Waals surface area contributed by atoms with E-state index in [9.17, 15) is 4.79 Å². The second kappa shape index (κ2) is 9.86. The van der Waals surface area contributed by atoms with Crippen molar-refractivity contribution in [1.29, 1.82) is 0 Å². The van der Waals surface area contributed by atoms with Gasteiger partial charge in [-0.25, -0.2) is 0 Å². The first kappa shape index (κ1) is 20.6. The Bertz CT molecular complexity index is 992. The number of thioether (sulfide) groups is 1. The molecule has 1 aliphatic heterocycles. The Morgan fingerprint density at radius 1 is 1.17 bits per heavy atom. The van der Waals surface area contributed by atoms with Gasteiger partial charge in [-0.3, -0.25) is 9.78 Å². The number of aromatic nitrogens is 4. The van der Waals surface area contributed by atoms with Crippen LogP contribution in [0.2, 0.25) is 0 Å². The zero-order chi connectivity index (χ0) is 20.8. The smallest absolute Gasteiger partial charge is 0.237 e. The Kier molecular flexibility index (Phi) is 6.76. The number of pyridine rings is 1. The number of fused-ring (bicyclic) bond motifs is 1. The molecule has 2 aromatic heterocycles. The fourth-order valence-electron chi connectivity index (χ4n) is 3.58. The highest BCUT2D eigenvalue weighted by atomic mass is 32.2. The Morgan fingerprint density at radius 2 is 2.00 bits per heavy atom. The molecule has 0 atom stereocenters. The summed E-state index contributed by atoms with van der Waals surface area (Å²) >= 11 is 1.44. The number of hydrogen-bond donors (Lipinski definition) is 0.